The fourth-order valence-electron chi connectivity index (χ4n) is 4.30. The highest BCUT2D eigenvalue weighted by atomic mass is 32.1. The van der Waals surface area contributed by atoms with Crippen molar-refractivity contribution >= 4 is 28.5 Å². The van der Waals surface area contributed by atoms with Crippen molar-refractivity contribution in [2.24, 2.45) is 4.99 Å². The molecule has 0 fully saturated rings. The number of halogens is 1. The van der Waals surface area contributed by atoms with Gasteiger partial charge in [0, 0.05) is 11.1 Å². The molecule has 0 saturated heterocycles. The lowest BCUT2D eigenvalue weighted by molar-refractivity contribution is 0.0948. The number of carbonyl (C=O) groups excluding carboxylic acids is 1. The van der Waals surface area contributed by atoms with Gasteiger partial charge in [-0.2, -0.15) is 0 Å². The molecule has 37 heavy (non-hydrogen) atoms. The average molecular weight is 519 g/mol. The SMILES string of the molecule is COc1cc(C=Nc2sc3c(c2C(=O)NCc2ccco2)CCCC3)ccc1OCc1ccc(F)cc1. The number of thiophene rings is 1. The van der Waals surface area contributed by atoms with E-state index in [4.69, 9.17) is 18.9 Å². The quantitative estimate of drug-likeness (QED) is 0.253. The number of carbonyl (C=O) groups is 1. The molecular weight excluding hydrogens is 491 g/mol. The summed E-state index contributed by atoms with van der Waals surface area (Å²) in [7, 11) is 1.58. The van der Waals surface area contributed by atoms with E-state index in [1.165, 1.54) is 17.0 Å². The van der Waals surface area contributed by atoms with Gasteiger partial charge in [0.15, 0.2) is 11.5 Å². The summed E-state index contributed by atoms with van der Waals surface area (Å²) in [5.74, 6) is 1.43. The van der Waals surface area contributed by atoms with Crippen LogP contribution in [0.25, 0.3) is 0 Å². The van der Waals surface area contributed by atoms with Crippen LogP contribution in [0.3, 0.4) is 0 Å². The maximum absolute atomic E-state index is 13.2. The molecule has 0 bridgehead atoms. The second kappa shape index (κ2) is 11.4. The van der Waals surface area contributed by atoms with Crippen molar-refractivity contribution in [3.8, 4) is 11.5 Å². The van der Waals surface area contributed by atoms with E-state index in [9.17, 15) is 9.18 Å². The lowest BCUT2D eigenvalue weighted by Crippen LogP contribution is -2.23. The highest BCUT2D eigenvalue weighted by Gasteiger charge is 2.25. The number of hydrogen-bond acceptors (Lipinski definition) is 6. The summed E-state index contributed by atoms with van der Waals surface area (Å²) in [6, 6.07) is 15.4. The van der Waals surface area contributed by atoms with Crippen molar-refractivity contribution in [3.05, 3.63) is 99.6 Å². The normalized spacial score (nSPS) is 12.9. The number of nitrogens with one attached hydrogen (secondary N) is 1. The number of aryl methyl sites for hydroxylation is 1. The Morgan fingerprint density at radius 1 is 1.14 bits per heavy atom. The van der Waals surface area contributed by atoms with Crippen LogP contribution in [0.2, 0.25) is 0 Å². The fourth-order valence-corrected chi connectivity index (χ4v) is 5.53. The number of ether oxygens (including phenoxy) is 2. The second-order valence-electron chi connectivity index (χ2n) is 8.74. The number of hydrogen-bond donors (Lipinski definition) is 1. The predicted octanol–water partition coefficient (Wildman–Crippen LogP) is 6.63. The summed E-state index contributed by atoms with van der Waals surface area (Å²) in [6.45, 7) is 0.623. The fraction of sp³-hybridized carbons (Fsp3) is 0.241. The molecule has 0 saturated carbocycles. The van der Waals surface area contributed by atoms with E-state index in [0.29, 0.717) is 41.0 Å². The smallest absolute Gasteiger partial charge is 0.255 e. The van der Waals surface area contributed by atoms with Gasteiger partial charge in [-0.3, -0.25) is 4.79 Å². The number of aliphatic imine (C=N–C) groups is 1. The summed E-state index contributed by atoms with van der Waals surface area (Å²) < 4.78 is 29.9. The lowest BCUT2D eigenvalue weighted by atomic mass is 9.95. The zero-order valence-electron chi connectivity index (χ0n) is 20.5. The lowest BCUT2D eigenvalue weighted by Gasteiger charge is -2.12. The Kier molecular flexibility index (Phi) is 7.65. The van der Waals surface area contributed by atoms with E-state index in [-0.39, 0.29) is 11.7 Å². The van der Waals surface area contributed by atoms with Gasteiger partial charge in [0.05, 0.1) is 25.5 Å². The van der Waals surface area contributed by atoms with E-state index in [0.717, 1.165) is 42.4 Å². The maximum Gasteiger partial charge on any atom is 0.255 e. The number of methoxy groups -OCH3 is 1. The van der Waals surface area contributed by atoms with Crippen LogP contribution in [-0.2, 0) is 26.0 Å². The van der Waals surface area contributed by atoms with E-state index in [1.807, 2.05) is 24.3 Å². The molecule has 1 amide bonds. The largest absolute Gasteiger partial charge is 0.493 e. The minimum atomic E-state index is -0.283. The van der Waals surface area contributed by atoms with Crippen molar-refractivity contribution in [2.45, 2.75) is 38.8 Å². The van der Waals surface area contributed by atoms with Crippen LogP contribution in [0.15, 0.2) is 70.3 Å². The van der Waals surface area contributed by atoms with E-state index in [1.54, 1.807) is 49.1 Å². The van der Waals surface area contributed by atoms with Crippen LogP contribution in [-0.4, -0.2) is 19.2 Å². The van der Waals surface area contributed by atoms with Gasteiger partial charge in [0.25, 0.3) is 5.91 Å². The summed E-state index contributed by atoms with van der Waals surface area (Å²) in [4.78, 5) is 19.2. The number of furan rings is 1. The Hall–Kier alpha value is -3.91. The number of nitrogens with zero attached hydrogens (tertiary/aromatic N) is 1. The minimum absolute atomic E-state index is 0.134. The second-order valence-corrected chi connectivity index (χ2v) is 9.82. The van der Waals surface area contributed by atoms with Crippen molar-refractivity contribution in [3.63, 3.8) is 0 Å². The first-order valence-corrected chi connectivity index (χ1v) is 13.0. The summed E-state index contributed by atoms with van der Waals surface area (Å²) in [6.07, 6.45) is 7.40. The molecule has 1 aliphatic carbocycles. The van der Waals surface area contributed by atoms with Gasteiger partial charge >= 0.3 is 0 Å². The molecule has 0 spiro atoms. The highest BCUT2D eigenvalue weighted by molar-refractivity contribution is 7.16. The van der Waals surface area contributed by atoms with Gasteiger partial charge in [-0.15, -0.1) is 11.3 Å². The van der Waals surface area contributed by atoms with Gasteiger partial charge in [-0.1, -0.05) is 12.1 Å². The molecule has 5 rings (SSSR count). The molecule has 2 aromatic heterocycles. The van der Waals surface area contributed by atoms with Crippen LogP contribution >= 0.6 is 11.3 Å². The molecule has 0 unspecified atom stereocenters. The number of benzene rings is 2. The van der Waals surface area contributed by atoms with Crippen molar-refractivity contribution in [2.75, 3.05) is 7.11 Å². The van der Waals surface area contributed by atoms with Crippen LogP contribution in [0.4, 0.5) is 9.39 Å². The van der Waals surface area contributed by atoms with Crippen molar-refractivity contribution in [1.29, 1.82) is 0 Å². The maximum atomic E-state index is 13.2. The molecule has 0 radical (unpaired) electrons. The van der Waals surface area contributed by atoms with Crippen LogP contribution in [0.1, 0.15) is 50.5 Å². The first-order valence-electron chi connectivity index (χ1n) is 12.1. The molecule has 2 aromatic carbocycles. The van der Waals surface area contributed by atoms with E-state index < -0.39 is 0 Å². The van der Waals surface area contributed by atoms with Crippen molar-refractivity contribution in [1.82, 2.24) is 5.32 Å². The first kappa shape index (κ1) is 24.8. The van der Waals surface area contributed by atoms with Gasteiger partial charge in [0.2, 0.25) is 0 Å². The van der Waals surface area contributed by atoms with Crippen molar-refractivity contribution < 1.29 is 23.1 Å². The molecule has 2 heterocycles. The van der Waals surface area contributed by atoms with Crippen LogP contribution < -0.4 is 14.8 Å². The third-order valence-electron chi connectivity index (χ3n) is 6.21. The highest BCUT2D eigenvalue weighted by Crippen LogP contribution is 2.40. The number of fused-ring (bicyclic) bond motifs is 1. The molecule has 4 aromatic rings. The van der Waals surface area contributed by atoms with Crippen LogP contribution in [0, 0.1) is 5.82 Å². The zero-order valence-corrected chi connectivity index (χ0v) is 21.3. The number of rotatable bonds is 9. The molecule has 6 nitrogen and oxygen atoms in total. The summed E-state index contributed by atoms with van der Waals surface area (Å²) in [5, 5.41) is 3.68. The Bertz CT molecular complexity index is 1390. The average Bonchev–Trinajstić information content (AvgIpc) is 3.58. The van der Waals surface area contributed by atoms with E-state index in [2.05, 4.69) is 5.32 Å². The molecular formula is C29H27FN2O4S. The van der Waals surface area contributed by atoms with E-state index >= 15 is 0 Å². The van der Waals surface area contributed by atoms with Crippen LogP contribution in [0.5, 0.6) is 11.5 Å². The monoisotopic (exact) mass is 518 g/mol. The third-order valence-corrected chi connectivity index (χ3v) is 7.41. The standard InChI is InChI=1S/C29H27FN2O4S/c1-34-25-15-20(10-13-24(25)36-18-19-8-11-21(30)12-9-19)16-32-29-27(23-6-2-3-7-26(23)37-29)28(33)31-17-22-5-4-14-35-22/h4-5,8-16H,2-3,6-7,17-18H2,1H3,(H,31,33). The van der Waals surface area contributed by atoms with Gasteiger partial charge in [-0.25, -0.2) is 9.38 Å². The number of amides is 1. The van der Waals surface area contributed by atoms with Gasteiger partial charge < -0.3 is 19.2 Å². The van der Waals surface area contributed by atoms with Gasteiger partial charge in [0.1, 0.15) is 23.2 Å². The Morgan fingerprint density at radius 3 is 2.76 bits per heavy atom. The summed E-state index contributed by atoms with van der Waals surface area (Å²) in [5.41, 5.74) is 3.45. The molecule has 1 N–H and O–H groups in total. The Labute approximate surface area is 218 Å². The zero-order chi connectivity index (χ0) is 25.6. The summed E-state index contributed by atoms with van der Waals surface area (Å²) >= 11 is 1.59. The molecule has 1 aliphatic rings. The topological polar surface area (TPSA) is 73.1 Å². The minimum Gasteiger partial charge on any atom is -0.493 e. The molecule has 0 aliphatic heterocycles. The molecule has 190 valence electrons. The third kappa shape index (κ3) is 5.91. The van der Waals surface area contributed by atoms with Gasteiger partial charge in [-0.05, 0) is 84.8 Å². The first-order chi connectivity index (χ1) is 18.1. The molecule has 0 atom stereocenters. The Balaban J connectivity index is 1.34. The molecule has 8 heteroatoms. The Morgan fingerprint density at radius 2 is 1.97 bits per heavy atom. The predicted molar refractivity (Wildman–Crippen MR) is 142 cm³/mol.